The van der Waals surface area contributed by atoms with Gasteiger partial charge in [-0.25, -0.2) is 0 Å². The molecule has 0 aromatic heterocycles. The summed E-state index contributed by atoms with van der Waals surface area (Å²) in [7, 11) is 0. The average Bonchev–Trinajstić information content (AvgIpc) is 2.51. The maximum absolute atomic E-state index is 11.1. The van der Waals surface area contributed by atoms with Crippen LogP contribution in [0.15, 0.2) is 55.1 Å². The largest absolute Gasteiger partial charge is 0.326 e. The maximum atomic E-state index is 11.1. The van der Waals surface area contributed by atoms with Crippen LogP contribution in [0.3, 0.4) is 0 Å². The van der Waals surface area contributed by atoms with Gasteiger partial charge in [-0.3, -0.25) is 4.79 Å². The van der Waals surface area contributed by atoms with Gasteiger partial charge in [-0.1, -0.05) is 76.8 Å². The molecule has 0 radical (unpaired) electrons. The molecule has 2 heteroatoms. The van der Waals surface area contributed by atoms with Crippen LogP contribution in [-0.4, -0.2) is 5.91 Å². The zero-order valence-corrected chi connectivity index (χ0v) is 14.2. The topological polar surface area (TPSA) is 29.1 Å². The molecule has 21 heavy (non-hydrogen) atoms. The SMILES string of the molecule is C=C/C=C\C=C(/C)c1ccccc1NC(C)=O.CC.CC. The third-order valence-electron chi connectivity index (χ3n) is 2.26. The molecule has 0 saturated heterocycles. The van der Waals surface area contributed by atoms with Crippen molar-refractivity contribution in [2.75, 3.05) is 5.32 Å². The number of hydrogen-bond acceptors (Lipinski definition) is 1. The summed E-state index contributed by atoms with van der Waals surface area (Å²) in [4.78, 5) is 11.1. The minimum absolute atomic E-state index is 0.0631. The van der Waals surface area contributed by atoms with Crippen molar-refractivity contribution < 1.29 is 4.79 Å². The summed E-state index contributed by atoms with van der Waals surface area (Å²) < 4.78 is 0. The van der Waals surface area contributed by atoms with Gasteiger partial charge in [0.1, 0.15) is 0 Å². The van der Waals surface area contributed by atoms with Gasteiger partial charge in [0.05, 0.1) is 0 Å². The van der Waals surface area contributed by atoms with Gasteiger partial charge < -0.3 is 5.32 Å². The van der Waals surface area contributed by atoms with Gasteiger partial charge in [0.2, 0.25) is 5.91 Å². The molecule has 1 amide bonds. The first kappa shape index (κ1) is 21.2. The number of benzene rings is 1. The molecule has 0 heterocycles. The molecule has 1 aromatic rings. The van der Waals surface area contributed by atoms with Crippen molar-refractivity contribution in [1.82, 2.24) is 0 Å². The summed E-state index contributed by atoms with van der Waals surface area (Å²) in [5.41, 5.74) is 2.95. The van der Waals surface area contributed by atoms with E-state index in [1.165, 1.54) is 6.92 Å². The van der Waals surface area contributed by atoms with E-state index in [1.54, 1.807) is 6.08 Å². The standard InChI is InChI=1S/C15H17NO.2C2H6/c1-4-5-6-9-12(2)14-10-7-8-11-15(14)16-13(3)17;2*1-2/h4-11H,1H2,2-3H3,(H,16,17);2*1-2H3/b6-5-,12-9+;;. The van der Waals surface area contributed by atoms with E-state index in [0.29, 0.717) is 0 Å². The van der Waals surface area contributed by atoms with Crippen molar-refractivity contribution >= 4 is 17.2 Å². The molecule has 2 nitrogen and oxygen atoms in total. The first-order valence-electron chi connectivity index (χ1n) is 7.48. The lowest BCUT2D eigenvalue weighted by atomic mass is 10.0. The number of amides is 1. The zero-order chi connectivity index (χ0) is 16.7. The van der Waals surface area contributed by atoms with Crippen molar-refractivity contribution in [2.24, 2.45) is 0 Å². The molecule has 0 aliphatic carbocycles. The average molecular weight is 287 g/mol. The Kier molecular flexibility index (Phi) is 14.5. The van der Waals surface area contributed by atoms with Crippen molar-refractivity contribution in [2.45, 2.75) is 41.5 Å². The quantitative estimate of drug-likeness (QED) is 0.692. The molecule has 116 valence electrons. The van der Waals surface area contributed by atoms with E-state index in [9.17, 15) is 4.79 Å². The van der Waals surface area contributed by atoms with Crippen LogP contribution in [0, 0.1) is 0 Å². The van der Waals surface area contributed by atoms with Crippen LogP contribution in [0.4, 0.5) is 5.69 Å². The third-order valence-corrected chi connectivity index (χ3v) is 2.26. The van der Waals surface area contributed by atoms with E-state index in [4.69, 9.17) is 0 Å². The van der Waals surface area contributed by atoms with Crippen molar-refractivity contribution in [1.29, 1.82) is 0 Å². The van der Waals surface area contributed by atoms with Crippen LogP contribution in [0.2, 0.25) is 0 Å². The Hall–Kier alpha value is -2.09. The fourth-order valence-electron chi connectivity index (χ4n) is 1.49. The van der Waals surface area contributed by atoms with Crippen LogP contribution in [0.25, 0.3) is 5.57 Å². The molecule has 1 rings (SSSR count). The van der Waals surface area contributed by atoms with Gasteiger partial charge in [-0.2, -0.15) is 0 Å². The molecule has 0 saturated carbocycles. The third kappa shape index (κ3) is 9.44. The van der Waals surface area contributed by atoms with Crippen LogP contribution in [0.5, 0.6) is 0 Å². The van der Waals surface area contributed by atoms with E-state index in [0.717, 1.165) is 16.8 Å². The summed E-state index contributed by atoms with van der Waals surface area (Å²) in [5, 5.41) is 2.82. The highest BCUT2D eigenvalue weighted by molar-refractivity contribution is 5.92. The normalized spacial score (nSPS) is 9.90. The monoisotopic (exact) mass is 287 g/mol. The van der Waals surface area contributed by atoms with E-state index in [2.05, 4.69) is 11.9 Å². The lowest BCUT2D eigenvalue weighted by Crippen LogP contribution is -2.07. The first-order valence-corrected chi connectivity index (χ1v) is 7.48. The highest BCUT2D eigenvalue weighted by Gasteiger charge is 2.03. The van der Waals surface area contributed by atoms with Crippen molar-refractivity contribution in [3.8, 4) is 0 Å². The van der Waals surface area contributed by atoms with Crippen LogP contribution >= 0.6 is 0 Å². The molecule has 0 unspecified atom stereocenters. The number of anilines is 1. The number of hydrogen-bond donors (Lipinski definition) is 1. The summed E-state index contributed by atoms with van der Waals surface area (Å²) in [5.74, 6) is -0.0631. The van der Waals surface area contributed by atoms with Gasteiger partial charge in [0, 0.05) is 18.2 Å². The molecule has 0 bridgehead atoms. The van der Waals surface area contributed by atoms with Gasteiger partial charge in [0.25, 0.3) is 0 Å². The maximum Gasteiger partial charge on any atom is 0.221 e. The van der Waals surface area contributed by atoms with Gasteiger partial charge >= 0.3 is 0 Å². The molecule has 0 aliphatic rings. The highest BCUT2D eigenvalue weighted by atomic mass is 16.1. The second-order valence-electron chi connectivity index (χ2n) is 3.70. The smallest absolute Gasteiger partial charge is 0.221 e. The van der Waals surface area contributed by atoms with E-state index < -0.39 is 0 Å². The summed E-state index contributed by atoms with van der Waals surface area (Å²) in [6, 6.07) is 7.74. The van der Waals surface area contributed by atoms with Gasteiger partial charge in [-0.05, 0) is 18.6 Å². The number of carbonyl (C=O) groups is 1. The van der Waals surface area contributed by atoms with E-state index >= 15 is 0 Å². The molecule has 1 N–H and O–H groups in total. The number of para-hydroxylation sites is 1. The summed E-state index contributed by atoms with van der Waals surface area (Å²) >= 11 is 0. The molecule has 0 atom stereocenters. The molecule has 0 fully saturated rings. The van der Waals surface area contributed by atoms with Crippen LogP contribution in [0.1, 0.15) is 47.1 Å². The Morgan fingerprint density at radius 1 is 1.05 bits per heavy atom. The zero-order valence-electron chi connectivity index (χ0n) is 14.2. The fourth-order valence-corrected chi connectivity index (χ4v) is 1.49. The Morgan fingerprint density at radius 2 is 1.62 bits per heavy atom. The summed E-state index contributed by atoms with van der Waals surface area (Å²) in [6.07, 6.45) is 7.50. The molecular weight excluding hydrogens is 258 g/mol. The Bertz CT molecular complexity index is 470. The minimum Gasteiger partial charge on any atom is -0.326 e. The Labute approximate surface area is 130 Å². The number of carbonyl (C=O) groups excluding carboxylic acids is 1. The van der Waals surface area contributed by atoms with Crippen molar-refractivity contribution in [3.63, 3.8) is 0 Å². The molecular formula is C19H29NO. The lowest BCUT2D eigenvalue weighted by molar-refractivity contribution is -0.114. The predicted octanol–water partition coefficient (Wildman–Crippen LogP) is 5.84. The van der Waals surface area contributed by atoms with Gasteiger partial charge in [-0.15, -0.1) is 0 Å². The number of allylic oxidation sites excluding steroid dienone is 5. The fraction of sp³-hybridized carbons (Fsp3) is 0.316. The van der Waals surface area contributed by atoms with E-state index in [1.807, 2.05) is 77.1 Å². The minimum atomic E-state index is -0.0631. The second kappa shape index (κ2) is 14.3. The Balaban J connectivity index is 0. The second-order valence-corrected chi connectivity index (χ2v) is 3.70. The van der Waals surface area contributed by atoms with Crippen LogP contribution in [-0.2, 0) is 4.79 Å². The molecule has 1 aromatic carbocycles. The predicted molar refractivity (Wildman–Crippen MR) is 96.4 cm³/mol. The number of nitrogens with one attached hydrogen (secondary N) is 1. The van der Waals surface area contributed by atoms with Crippen molar-refractivity contribution in [3.05, 3.63) is 60.7 Å². The molecule has 0 spiro atoms. The highest BCUT2D eigenvalue weighted by Crippen LogP contribution is 2.23. The summed E-state index contributed by atoms with van der Waals surface area (Å²) in [6.45, 7) is 15.1. The molecule has 0 aliphatic heterocycles. The Morgan fingerprint density at radius 3 is 2.14 bits per heavy atom. The lowest BCUT2D eigenvalue weighted by Gasteiger charge is -2.09. The number of rotatable bonds is 4. The van der Waals surface area contributed by atoms with E-state index in [-0.39, 0.29) is 5.91 Å². The van der Waals surface area contributed by atoms with Crippen LogP contribution < -0.4 is 5.32 Å². The van der Waals surface area contributed by atoms with Gasteiger partial charge in [0.15, 0.2) is 0 Å². The first-order chi connectivity index (χ1) is 10.1.